The molecule has 2 heterocycles. The van der Waals surface area contributed by atoms with Crippen molar-refractivity contribution in [3.8, 4) is 0 Å². The first-order valence-electron chi connectivity index (χ1n) is 8.26. The van der Waals surface area contributed by atoms with E-state index in [9.17, 15) is 4.79 Å². The number of pyridine rings is 1. The Morgan fingerprint density at radius 1 is 1.36 bits per heavy atom. The standard InChI is InChI=1S/C19H21N3O2S/c23-19(22-24)18-7-6-17(25-18)16-5-1-3-15(11-16)13-21-10-8-14-4-2-9-20-12-14/h1-7,9,12,16,21,24H,8,10-11,13H2,(H,22,23). The van der Waals surface area contributed by atoms with Crippen LogP contribution in [0, 0.1) is 0 Å². The van der Waals surface area contributed by atoms with Crippen molar-refractivity contribution in [3.63, 3.8) is 0 Å². The van der Waals surface area contributed by atoms with Gasteiger partial charge in [0.05, 0.1) is 4.88 Å². The third-order valence-corrected chi connectivity index (χ3v) is 5.36. The zero-order valence-corrected chi connectivity index (χ0v) is 14.6. The predicted octanol–water partition coefficient (Wildman–Crippen LogP) is 3.06. The van der Waals surface area contributed by atoms with Crippen LogP contribution in [0.15, 0.2) is 60.5 Å². The van der Waals surface area contributed by atoms with Crippen molar-refractivity contribution in [1.29, 1.82) is 0 Å². The molecule has 1 amide bonds. The van der Waals surface area contributed by atoms with Gasteiger partial charge in [-0.1, -0.05) is 29.9 Å². The Morgan fingerprint density at radius 3 is 3.08 bits per heavy atom. The predicted molar refractivity (Wildman–Crippen MR) is 99.0 cm³/mol. The molecule has 2 aromatic rings. The van der Waals surface area contributed by atoms with Gasteiger partial charge in [-0.15, -0.1) is 11.3 Å². The highest BCUT2D eigenvalue weighted by Crippen LogP contribution is 2.33. The van der Waals surface area contributed by atoms with E-state index in [4.69, 9.17) is 5.21 Å². The first-order valence-corrected chi connectivity index (χ1v) is 9.08. The normalized spacial score (nSPS) is 16.5. The third kappa shape index (κ3) is 4.85. The van der Waals surface area contributed by atoms with Crippen molar-refractivity contribution in [2.75, 3.05) is 13.1 Å². The van der Waals surface area contributed by atoms with Crippen molar-refractivity contribution in [2.24, 2.45) is 0 Å². The van der Waals surface area contributed by atoms with Gasteiger partial charge in [0, 0.05) is 29.7 Å². The molecule has 1 aliphatic rings. The van der Waals surface area contributed by atoms with Crippen molar-refractivity contribution >= 4 is 17.2 Å². The van der Waals surface area contributed by atoms with Gasteiger partial charge in [-0.3, -0.25) is 15.0 Å². The van der Waals surface area contributed by atoms with E-state index in [0.29, 0.717) is 4.88 Å². The Hall–Kier alpha value is -2.28. The zero-order chi connectivity index (χ0) is 17.5. The first-order chi connectivity index (χ1) is 12.3. The van der Waals surface area contributed by atoms with Gasteiger partial charge in [0.15, 0.2) is 0 Å². The SMILES string of the molecule is O=C(NO)c1ccc(C2C=CC=C(CNCCc3cccnc3)C2)s1. The second-order valence-corrected chi connectivity index (χ2v) is 7.07. The minimum atomic E-state index is -0.455. The highest BCUT2D eigenvalue weighted by Gasteiger charge is 2.17. The Morgan fingerprint density at radius 2 is 2.28 bits per heavy atom. The molecule has 1 atom stereocenters. The highest BCUT2D eigenvalue weighted by molar-refractivity contribution is 7.14. The Balaban J connectivity index is 1.48. The van der Waals surface area contributed by atoms with Crippen LogP contribution < -0.4 is 10.8 Å². The van der Waals surface area contributed by atoms with Gasteiger partial charge in [-0.25, -0.2) is 5.48 Å². The van der Waals surface area contributed by atoms with Crippen LogP contribution in [-0.2, 0) is 6.42 Å². The van der Waals surface area contributed by atoms with Crippen LogP contribution in [0.25, 0.3) is 0 Å². The summed E-state index contributed by atoms with van der Waals surface area (Å²) in [7, 11) is 0. The highest BCUT2D eigenvalue weighted by atomic mass is 32.1. The molecular weight excluding hydrogens is 334 g/mol. The van der Waals surface area contributed by atoms with Crippen LogP contribution in [0.5, 0.6) is 0 Å². The number of carbonyl (C=O) groups excluding carboxylic acids is 1. The number of aromatic nitrogens is 1. The van der Waals surface area contributed by atoms with E-state index < -0.39 is 5.91 Å². The van der Waals surface area contributed by atoms with E-state index in [2.05, 4.69) is 34.6 Å². The molecule has 3 N–H and O–H groups in total. The van der Waals surface area contributed by atoms with E-state index in [1.54, 1.807) is 17.7 Å². The average molecular weight is 355 g/mol. The molecule has 0 spiro atoms. The molecule has 0 saturated carbocycles. The lowest BCUT2D eigenvalue weighted by atomic mass is 9.93. The summed E-state index contributed by atoms with van der Waals surface area (Å²) in [6.07, 6.45) is 12.0. The van der Waals surface area contributed by atoms with Crippen LogP contribution in [0.2, 0.25) is 0 Å². The first kappa shape index (κ1) is 17.5. The van der Waals surface area contributed by atoms with E-state index in [1.165, 1.54) is 22.5 Å². The number of amides is 1. The molecule has 0 saturated heterocycles. The van der Waals surface area contributed by atoms with Gasteiger partial charge in [-0.2, -0.15) is 0 Å². The summed E-state index contributed by atoms with van der Waals surface area (Å²) in [5.74, 6) is -0.172. The quantitative estimate of drug-likeness (QED) is 0.405. The van der Waals surface area contributed by atoms with Crippen LogP contribution in [-0.4, -0.2) is 29.2 Å². The molecule has 130 valence electrons. The fraction of sp³-hybridized carbons (Fsp3) is 0.263. The third-order valence-electron chi connectivity index (χ3n) is 4.14. The Kier molecular flexibility index (Phi) is 6.11. The smallest absolute Gasteiger partial charge is 0.284 e. The molecule has 3 rings (SSSR count). The number of thiophene rings is 1. The lowest BCUT2D eigenvalue weighted by molar-refractivity contribution is 0.0711. The van der Waals surface area contributed by atoms with E-state index in [1.807, 2.05) is 18.3 Å². The summed E-state index contributed by atoms with van der Waals surface area (Å²) < 4.78 is 0. The summed E-state index contributed by atoms with van der Waals surface area (Å²) in [6, 6.07) is 7.76. The molecule has 2 aromatic heterocycles. The topological polar surface area (TPSA) is 74.2 Å². The lowest BCUT2D eigenvalue weighted by Crippen LogP contribution is -2.21. The van der Waals surface area contributed by atoms with Crippen LogP contribution >= 0.6 is 11.3 Å². The summed E-state index contributed by atoms with van der Waals surface area (Å²) in [6.45, 7) is 1.77. The molecule has 0 fully saturated rings. The maximum absolute atomic E-state index is 11.5. The van der Waals surface area contributed by atoms with E-state index >= 15 is 0 Å². The molecule has 0 radical (unpaired) electrons. The average Bonchev–Trinajstić information content (AvgIpc) is 3.16. The van der Waals surface area contributed by atoms with E-state index in [-0.39, 0.29) is 5.92 Å². The molecule has 5 nitrogen and oxygen atoms in total. The van der Waals surface area contributed by atoms with Crippen LogP contribution in [0.4, 0.5) is 0 Å². The monoisotopic (exact) mass is 355 g/mol. The summed E-state index contributed by atoms with van der Waals surface area (Å²) in [5, 5.41) is 12.2. The van der Waals surface area contributed by atoms with Gasteiger partial charge in [0.25, 0.3) is 5.91 Å². The lowest BCUT2D eigenvalue weighted by Gasteiger charge is -2.18. The summed E-state index contributed by atoms with van der Waals surface area (Å²) in [4.78, 5) is 17.3. The van der Waals surface area contributed by atoms with Gasteiger partial charge >= 0.3 is 0 Å². The van der Waals surface area contributed by atoms with Gasteiger partial charge in [-0.05, 0) is 43.1 Å². The van der Waals surface area contributed by atoms with Gasteiger partial charge in [0.1, 0.15) is 0 Å². The van der Waals surface area contributed by atoms with Crippen molar-refractivity contribution < 1.29 is 10.0 Å². The molecular formula is C19H21N3O2S. The fourth-order valence-corrected chi connectivity index (χ4v) is 3.81. The number of rotatable bonds is 7. The van der Waals surface area contributed by atoms with E-state index in [0.717, 1.165) is 30.8 Å². The maximum Gasteiger partial charge on any atom is 0.284 e. The molecule has 0 aliphatic heterocycles. The number of nitrogens with zero attached hydrogens (tertiary/aromatic N) is 1. The molecule has 6 heteroatoms. The molecule has 25 heavy (non-hydrogen) atoms. The van der Waals surface area contributed by atoms with Crippen LogP contribution in [0.3, 0.4) is 0 Å². The Bertz CT molecular complexity index is 768. The molecule has 0 bridgehead atoms. The van der Waals surface area contributed by atoms with Gasteiger partial charge < -0.3 is 5.32 Å². The molecule has 0 aromatic carbocycles. The number of nitrogens with one attached hydrogen (secondary N) is 2. The fourth-order valence-electron chi connectivity index (χ4n) is 2.83. The second-order valence-electron chi connectivity index (χ2n) is 5.95. The van der Waals surface area contributed by atoms with Crippen molar-refractivity contribution in [2.45, 2.75) is 18.8 Å². The number of hydrogen-bond donors (Lipinski definition) is 3. The molecule has 1 unspecified atom stereocenters. The van der Waals surface area contributed by atoms with Gasteiger partial charge in [0.2, 0.25) is 0 Å². The number of carbonyl (C=O) groups is 1. The molecule has 1 aliphatic carbocycles. The number of hydroxylamine groups is 1. The van der Waals surface area contributed by atoms with Crippen LogP contribution in [0.1, 0.15) is 32.5 Å². The van der Waals surface area contributed by atoms with Crippen molar-refractivity contribution in [1.82, 2.24) is 15.8 Å². The number of hydrogen-bond acceptors (Lipinski definition) is 5. The summed E-state index contributed by atoms with van der Waals surface area (Å²) in [5.41, 5.74) is 4.26. The summed E-state index contributed by atoms with van der Waals surface area (Å²) >= 11 is 1.42. The zero-order valence-electron chi connectivity index (χ0n) is 13.8. The Labute approximate surface area is 151 Å². The largest absolute Gasteiger partial charge is 0.313 e. The maximum atomic E-state index is 11.5. The minimum Gasteiger partial charge on any atom is -0.313 e. The second kappa shape index (κ2) is 8.71. The minimum absolute atomic E-state index is 0.283. The number of allylic oxidation sites excluding steroid dienone is 3. The van der Waals surface area contributed by atoms with Crippen molar-refractivity contribution in [3.05, 3.63) is 75.8 Å².